The van der Waals surface area contributed by atoms with Crippen LogP contribution < -0.4 is 9.47 Å². The Morgan fingerprint density at radius 3 is 2.48 bits per heavy atom. The van der Waals surface area contributed by atoms with Crippen molar-refractivity contribution >= 4 is 18.2 Å². The fraction of sp³-hybridized carbons (Fsp3) is 0.400. The molecule has 3 rings (SSSR count). The summed E-state index contributed by atoms with van der Waals surface area (Å²) in [6.07, 6.45) is 6.35. The number of nitrogens with zero attached hydrogens (tertiary/aromatic N) is 1. The second kappa shape index (κ2) is 7.87. The van der Waals surface area contributed by atoms with Crippen LogP contribution in [0.4, 0.5) is 0 Å². The number of ketones is 1. The Bertz CT molecular complexity index is 742. The van der Waals surface area contributed by atoms with Crippen molar-refractivity contribution in [3.8, 4) is 11.5 Å². The normalized spacial score (nSPS) is 14.2. The van der Waals surface area contributed by atoms with Crippen molar-refractivity contribution in [2.24, 2.45) is 0 Å². The van der Waals surface area contributed by atoms with Gasteiger partial charge in [-0.1, -0.05) is 13.8 Å². The Hall–Kier alpha value is -2.07. The smallest absolute Gasteiger partial charge is 0.167 e. The van der Waals surface area contributed by atoms with Gasteiger partial charge in [-0.15, -0.1) is 12.4 Å². The third-order valence-corrected chi connectivity index (χ3v) is 4.96. The number of carbonyl (C=O) groups is 1. The summed E-state index contributed by atoms with van der Waals surface area (Å²) in [6.45, 7) is 4.25. The van der Waals surface area contributed by atoms with Gasteiger partial charge in [-0.25, -0.2) is 0 Å². The van der Waals surface area contributed by atoms with Gasteiger partial charge in [0.25, 0.3) is 0 Å². The van der Waals surface area contributed by atoms with Crippen LogP contribution in [0.3, 0.4) is 0 Å². The molecule has 0 bridgehead atoms. The molecule has 0 aliphatic carbocycles. The molecular weight excluding hydrogens is 338 g/mol. The average molecular weight is 362 g/mol. The van der Waals surface area contributed by atoms with Crippen LogP contribution >= 0.6 is 12.4 Å². The van der Waals surface area contributed by atoms with E-state index in [4.69, 9.17) is 9.47 Å². The Morgan fingerprint density at radius 1 is 1.20 bits per heavy atom. The number of Topliss-reactive ketones (excluding diaryl/α,β-unsaturated/α-hetero) is 1. The first-order valence-electron chi connectivity index (χ1n) is 8.43. The molecule has 5 heteroatoms. The highest BCUT2D eigenvalue weighted by molar-refractivity contribution is 6.00. The summed E-state index contributed by atoms with van der Waals surface area (Å²) in [6, 6.07) is 7.45. The lowest BCUT2D eigenvalue weighted by atomic mass is 9.88. The van der Waals surface area contributed by atoms with Gasteiger partial charge in [0.1, 0.15) is 5.60 Å². The van der Waals surface area contributed by atoms with Gasteiger partial charge in [0.15, 0.2) is 17.3 Å². The summed E-state index contributed by atoms with van der Waals surface area (Å²) in [7, 11) is 1.63. The molecule has 134 valence electrons. The number of methoxy groups -OCH3 is 1. The van der Waals surface area contributed by atoms with Crippen molar-refractivity contribution in [3.05, 3.63) is 53.3 Å². The predicted octanol–water partition coefficient (Wildman–Crippen LogP) is 4.43. The van der Waals surface area contributed by atoms with Gasteiger partial charge in [0, 0.05) is 36.4 Å². The maximum absolute atomic E-state index is 12.8. The molecule has 4 nitrogen and oxygen atoms in total. The molecular formula is C20H24ClNO3. The molecule has 0 N–H and O–H groups in total. The van der Waals surface area contributed by atoms with Crippen LogP contribution in [-0.2, 0) is 12.8 Å². The zero-order valence-electron chi connectivity index (χ0n) is 14.9. The lowest BCUT2D eigenvalue weighted by molar-refractivity contribution is 0.0828. The third-order valence-electron chi connectivity index (χ3n) is 4.96. The summed E-state index contributed by atoms with van der Waals surface area (Å²) < 4.78 is 11.7. The topological polar surface area (TPSA) is 48.4 Å². The number of rotatable bonds is 6. The van der Waals surface area contributed by atoms with Crippen molar-refractivity contribution in [2.75, 3.05) is 7.11 Å². The third kappa shape index (κ3) is 3.64. The highest BCUT2D eigenvalue weighted by Gasteiger charge is 2.40. The zero-order chi connectivity index (χ0) is 17.2. The first-order chi connectivity index (χ1) is 11.6. The van der Waals surface area contributed by atoms with Crippen LogP contribution in [0.2, 0.25) is 0 Å². The van der Waals surface area contributed by atoms with Crippen LogP contribution in [0.5, 0.6) is 11.5 Å². The lowest BCUT2D eigenvalue weighted by Crippen LogP contribution is -2.32. The van der Waals surface area contributed by atoms with E-state index in [-0.39, 0.29) is 23.8 Å². The number of fused-ring (bicyclic) bond motifs is 1. The second-order valence-corrected chi connectivity index (χ2v) is 6.25. The van der Waals surface area contributed by atoms with Gasteiger partial charge < -0.3 is 9.47 Å². The fourth-order valence-corrected chi connectivity index (χ4v) is 3.32. The van der Waals surface area contributed by atoms with Gasteiger partial charge in [0.2, 0.25) is 0 Å². The van der Waals surface area contributed by atoms with Gasteiger partial charge in [-0.2, -0.15) is 0 Å². The molecule has 25 heavy (non-hydrogen) atoms. The van der Waals surface area contributed by atoms with Gasteiger partial charge >= 0.3 is 0 Å². The van der Waals surface area contributed by atoms with Crippen LogP contribution in [0.15, 0.2) is 36.7 Å². The van der Waals surface area contributed by atoms with Crippen molar-refractivity contribution in [1.82, 2.24) is 4.98 Å². The van der Waals surface area contributed by atoms with E-state index >= 15 is 0 Å². The standard InChI is InChI=1S/C20H23NO3.ClH/c1-4-20(5-2)13-16-15(6-7-18(23-3)19(16)24-20)17(22)12-14-8-10-21-11-9-14;/h6-11H,4-5,12-13H2,1-3H3;1H. The molecule has 0 atom stereocenters. The number of pyridine rings is 1. The SMILES string of the molecule is CCC1(CC)Cc2c(C(=O)Cc3ccncc3)ccc(OC)c2O1.Cl. The summed E-state index contributed by atoms with van der Waals surface area (Å²) in [4.78, 5) is 16.8. The van der Waals surface area contributed by atoms with Crippen molar-refractivity contribution in [2.45, 2.75) is 45.1 Å². The molecule has 0 fully saturated rings. The van der Waals surface area contributed by atoms with E-state index in [0.29, 0.717) is 12.2 Å². The molecule has 0 unspecified atom stereocenters. The Morgan fingerprint density at radius 2 is 1.88 bits per heavy atom. The van der Waals surface area contributed by atoms with E-state index < -0.39 is 0 Å². The molecule has 1 aliphatic heterocycles. The average Bonchev–Trinajstić information content (AvgIpc) is 3.02. The van der Waals surface area contributed by atoms with E-state index in [1.54, 1.807) is 19.5 Å². The van der Waals surface area contributed by atoms with E-state index in [1.807, 2.05) is 24.3 Å². The Labute approximate surface area is 155 Å². The van der Waals surface area contributed by atoms with Crippen LogP contribution in [0, 0.1) is 0 Å². The minimum atomic E-state index is -0.233. The second-order valence-electron chi connectivity index (χ2n) is 6.25. The summed E-state index contributed by atoms with van der Waals surface area (Å²) in [5, 5.41) is 0. The molecule has 1 aromatic heterocycles. The molecule has 0 saturated carbocycles. The minimum Gasteiger partial charge on any atom is -0.493 e. The molecule has 0 saturated heterocycles. The van der Waals surface area contributed by atoms with E-state index in [0.717, 1.165) is 41.7 Å². The number of hydrogen-bond donors (Lipinski definition) is 0. The molecule has 1 aliphatic rings. The molecule has 2 aromatic rings. The quantitative estimate of drug-likeness (QED) is 0.714. The Kier molecular flexibility index (Phi) is 6.07. The number of halogens is 1. The minimum absolute atomic E-state index is 0. The highest BCUT2D eigenvalue weighted by Crippen LogP contribution is 2.46. The summed E-state index contributed by atoms with van der Waals surface area (Å²) >= 11 is 0. The summed E-state index contributed by atoms with van der Waals surface area (Å²) in [5.41, 5.74) is 2.46. The van der Waals surface area contributed by atoms with Gasteiger partial charge in [-0.05, 0) is 42.7 Å². The van der Waals surface area contributed by atoms with Crippen LogP contribution in [-0.4, -0.2) is 23.5 Å². The van der Waals surface area contributed by atoms with Crippen molar-refractivity contribution in [1.29, 1.82) is 0 Å². The number of benzene rings is 1. The first kappa shape index (κ1) is 19.3. The predicted molar refractivity (Wildman–Crippen MR) is 100 cm³/mol. The van der Waals surface area contributed by atoms with E-state index in [1.165, 1.54) is 0 Å². The number of hydrogen-bond acceptors (Lipinski definition) is 4. The number of ether oxygens (including phenoxy) is 2. The van der Waals surface area contributed by atoms with Gasteiger partial charge in [0.05, 0.1) is 7.11 Å². The molecule has 0 radical (unpaired) electrons. The lowest BCUT2D eigenvalue weighted by Gasteiger charge is -2.25. The monoisotopic (exact) mass is 361 g/mol. The van der Waals surface area contributed by atoms with Crippen LogP contribution in [0.25, 0.3) is 0 Å². The van der Waals surface area contributed by atoms with Crippen molar-refractivity contribution < 1.29 is 14.3 Å². The zero-order valence-corrected chi connectivity index (χ0v) is 15.7. The first-order valence-corrected chi connectivity index (χ1v) is 8.43. The maximum atomic E-state index is 12.8. The molecule has 1 aromatic carbocycles. The van der Waals surface area contributed by atoms with Crippen LogP contribution in [0.1, 0.15) is 48.2 Å². The largest absolute Gasteiger partial charge is 0.493 e. The molecule has 0 spiro atoms. The van der Waals surface area contributed by atoms with Gasteiger partial charge in [-0.3, -0.25) is 9.78 Å². The Balaban J connectivity index is 0.00000225. The molecule has 0 amide bonds. The fourth-order valence-electron chi connectivity index (χ4n) is 3.32. The maximum Gasteiger partial charge on any atom is 0.167 e. The number of carbonyl (C=O) groups excluding carboxylic acids is 1. The number of aromatic nitrogens is 1. The van der Waals surface area contributed by atoms with E-state index in [9.17, 15) is 4.79 Å². The van der Waals surface area contributed by atoms with Crippen molar-refractivity contribution in [3.63, 3.8) is 0 Å². The highest BCUT2D eigenvalue weighted by atomic mass is 35.5. The van der Waals surface area contributed by atoms with E-state index in [2.05, 4.69) is 18.8 Å². The summed E-state index contributed by atoms with van der Waals surface area (Å²) in [5.74, 6) is 1.54. The molecule has 2 heterocycles.